The quantitative estimate of drug-likeness (QED) is 0.279. The Labute approximate surface area is 47.0 Å². The standard InChI is InChI=1S/CH2O3.4H3N/c2-1(3)4;;;;/h(H2,2,3,4);4*1H3. The normalized spacial score (nSPS) is 3.00. The van der Waals surface area contributed by atoms with Crippen LogP contribution in [0.3, 0.4) is 0 Å². The maximum atomic E-state index is 8.56. The molecule has 0 aliphatic heterocycles. The molecule has 0 saturated carbocycles. The van der Waals surface area contributed by atoms with E-state index in [1.165, 1.54) is 0 Å². The van der Waals surface area contributed by atoms with Crippen molar-refractivity contribution in [1.29, 1.82) is 0 Å². The lowest BCUT2D eigenvalue weighted by atomic mass is 11.5. The fraction of sp³-hybridized carbons (Fsp3) is 0. The molecule has 0 aromatic carbocycles. The molecule has 0 fully saturated rings. The highest BCUT2D eigenvalue weighted by Gasteiger charge is 1.70. The minimum absolute atomic E-state index is 0. The van der Waals surface area contributed by atoms with Gasteiger partial charge in [-0.1, -0.05) is 0 Å². The first-order chi connectivity index (χ1) is 1.73. The van der Waals surface area contributed by atoms with E-state index in [0.717, 1.165) is 0 Å². The molecule has 0 heterocycles. The molecule has 7 heteroatoms. The van der Waals surface area contributed by atoms with Gasteiger partial charge in [0.25, 0.3) is 0 Å². The number of hydrogen-bond acceptors (Lipinski definition) is 5. The largest absolute Gasteiger partial charge is 0.503 e. The van der Waals surface area contributed by atoms with Crippen molar-refractivity contribution in [3.05, 3.63) is 0 Å². The van der Waals surface area contributed by atoms with Gasteiger partial charge >= 0.3 is 6.16 Å². The summed E-state index contributed by atoms with van der Waals surface area (Å²) >= 11 is 0. The summed E-state index contributed by atoms with van der Waals surface area (Å²) < 4.78 is 0. The third-order valence-corrected chi connectivity index (χ3v) is 0. The van der Waals surface area contributed by atoms with Crippen LogP contribution in [0, 0.1) is 0 Å². The zero-order chi connectivity index (χ0) is 3.58. The van der Waals surface area contributed by atoms with E-state index < -0.39 is 6.16 Å². The predicted octanol–water partition coefficient (Wildman–Crippen LogP) is 0.870. The summed E-state index contributed by atoms with van der Waals surface area (Å²) in [6, 6.07) is 0. The monoisotopic (exact) mass is 130 g/mol. The number of rotatable bonds is 0. The Hall–Kier alpha value is -0.890. The Morgan fingerprint density at radius 3 is 0.875 bits per heavy atom. The van der Waals surface area contributed by atoms with E-state index in [0.29, 0.717) is 0 Å². The zero-order valence-electron chi connectivity index (χ0n) is 4.63. The molecule has 0 aromatic heterocycles. The predicted molar refractivity (Wildman–Crippen MR) is 30.7 cm³/mol. The fourth-order valence-electron chi connectivity index (χ4n) is 0. The molecule has 56 valence electrons. The van der Waals surface area contributed by atoms with E-state index in [-0.39, 0.29) is 24.6 Å². The van der Waals surface area contributed by atoms with Crippen molar-refractivity contribution < 1.29 is 15.0 Å². The average Bonchev–Trinajstić information content (AvgIpc) is 0.811. The van der Waals surface area contributed by atoms with E-state index in [2.05, 4.69) is 0 Å². The minimum atomic E-state index is -1.83. The molecule has 0 atom stereocenters. The SMILES string of the molecule is N.N.N.N.O=C(O)O. The van der Waals surface area contributed by atoms with Crippen LogP contribution < -0.4 is 24.6 Å². The highest BCUT2D eigenvalue weighted by atomic mass is 16.6. The van der Waals surface area contributed by atoms with Crippen LogP contribution in [0.25, 0.3) is 0 Å². The summed E-state index contributed by atoms with van der Waals surface area (Å²) in [6.07, 6.45) is -1.83. The number of carboxylic acid groups (broad SMARTS) is 2. The van der Waals surface area contributed by atoms with Crippen molar-refractivity contribution in [2.45, 2.75) is 0 Å². The maximum absolute atomic E-state index is 8.56. The van der Waals surface area contributed by atoms with Gasteiger partial charge in [0.05, 0.1) is 0 Å². The summed E-state index contributed by atoms with van der Waals surface area (Å²) in [5.74, 6) is 0. The van der Waals surface area contributed by atoms with Crippen molar-refractivity contribution in [1.82, 2.24) is 24.6 Å². The van der Waals surface area contributed by atoms with Crippen LogP contribution in [0.4, 0.5) is 4.79 Å². The lowest BCUT2D eigenvalue weighted by molar-refractivity contribution is 0.137. The molecule has 8 heavy (non-hydrogen) atoms. The Balaban J connectivity index is -0.00000000750. The second-order valence-corrected chi connectivity index (χ2v) is 0.283. The van der Waals surface area contributed by atoms with Crippen LogP contribution in [0.1, 0.15) is 0 Å². The smallest absolute Gasteiger partial charge is 0.450 e. The van der Waals surface area contributed by atoms with Gasteiger partial charge in [-0.3, -0.25) is 0 Å². The minimum Gasteiger partial charge on any atom is -0.450 e. The molecule has 0 spiro atoms. The van der Waals surface area contributed by atoms with Crippen molar-refractivity contribution in [3.63, 3.8) is 0 Å². The van der Waals surface area contributed by atoms with Crippen LogP contribution in [0.5, 0.6) is 0 Å². The van der Waals surface area contributed by atoms with Crippen LogP contribution >= 0.6 is 0 Å². The maximum Gasteiger partial charge on any atom is 0.503 e. The van der Waals surface area contributed by atoms with Crippen LogP contribution in [0.15, 0.2) is 0 Å². The highest BCUT2D eigenvalue weighted by molar-refractivity contribution is 5.53. The first kappa shape index (κ1) is 59.6. The van der Waals surface area contributed by atoms with Crippen LogP contribution in [0.2, 0.25) is 0 Å². The highest BCUT2D eigenvalue weighted by Crippen LogP contribution is 1.42. The Morgan fingerprint density at radius 2 is 0.875 bits per heavy atom. The van der Waals surface area contributed by atoms with E-state index >= 15 is 0 Å². The lowest BCUT2D eigenvalue weighted by Crippen LogP contribution is -1.81. The van der Waals surface area contributed by atoms with Crippen molar-refractivity contribution >= 4 is 6.16 Å². The first-order valence-corrected chi connectivity index (χ1v) is 0.651. The van der Waals surface area contributed by atoms with Gasteiger partial charge in [0.1, 0.15) is 0 Å². The van der Waals surface area contributed by atoms with E-state index in [9.17, 15) is 0 Å². The molecule has 0 aliphatic carbocycles. The molecule has 0 aromatic rings. The summed E-state index contributed by atoms with van der Waals surface area (Å²) in [5, 5.41) is 13.9. The van der Waals surface area contributed by atoms with Gasteiger partial charge < -0.3 is 34.8 Å². The van der Waals surface area contributed by atoms with Gasteiger partial charge in [-0.25, -0.2) is 4.79 Å². The zero-order valence-corrected chi connectivity index (χ0v) is 4.63. The van der Waals surface area contributed by atoms with Crippen LogP contribution in [-0.2, 0) is 0 Å². The lowest BCUT2D eigenvalue weighted by Gasteiger charge is -1.60. The van der Waals surface area contributed by atoms with Gasteiger partial charge in [0.15, 0.2) is 0 Å². The molecule has 0 aliphatic rings. The molecular weight excluding hydrogens is 116 g/mol. The van der Waals surface area contributed by atoms with E-state index in [4.69, 9.17) is 15.0 Å². The molecule has 7 nitrogen and oxygen atoms in total. The summed E-state index contributed by atoms with van der Waals surface area (Å²) in [5.41, 5.74) is 0. The van der Waals surface area contributed by atoms with Gasteiger partial charge in [0, 0.05) is 0 Å². The van der Waals surface area contributed by atoms with Crippen molar-refractivity contribution in [2.75, 3.05) is 0 Å². The Bertz CT molecular complexity index is 34.3. The molecule has 0 radical (unpaired) electrons. The second-order valence-electron chi connectivity index (χ2n) is 0.283. The fourth-order valence-corrected chi connectivity index (χ4v) is 0. The molecule has 14 N–H and O–H groups in total. The first-order valence-electron chi connectivity index (χ1n) is 0.651. The van der Waals surface area contributed by atoms with E-state index in [1.54, 1.807) is 0 Å². The van der Waals surface area contributed by atoms with Crippen LogP contribution in [-0.4, -0.2) is 16.4 Å². The van der Waals surface area contributed by atoms with Gasteiger partial charge in [0.2, 0.25) is 0 Å². The summed E-state index contributed by atoms with van der Waals surface area (Å²) in [4.78, 5) is 8.56. The van der Waals surface area contributed by atoms with E-state index in [1.807, 2.05) is 0 Å². The van der Waals surface area contributed by atoms with Gasteiger partial charge in [-0.05, 0) is 0 Å². The van der Waals surface area contributed by atoms with Crippen molar-refractivity contribution in [3.8, 4) is 0 Å². The van der Waals surface area contributed by atoms with Gasteiger partial charge in [-0.15, -0.1) is 0 Å². The third kappa shape index (κ3) is 109. The van der Waals surface area contributed by atoms with Crippen molar-refractivity contribution in [2.24, 2.45) is 0 Å². The topological polar surface area (TPSA) is 198 Å². The Morgan fingerprint density at radius 1 is 0.875 bits per heavy atom. The average molecular weight is 130 g/mol. The number of carbonyl (C=O) groups is 1. The molecule has 0 bridgehead atoms. The third-order valence-electron chi connectivity index (χ3n) is 0. The summed E-state index contributed by atoms with van der Waals surface area (Å²) in [7, 11) is 0. The molecule has 0 amide bonds. The second kappa shape index (κ2) is 35.8. The van der Waals surface area contributed by atoms with Gasteiger partial charge in [-0.2, -0.15) is 0 Å². The summed E-state index contributed by atoms with van der Waals surface area (Å²) in [6.45, 7) is 0. The Kier molecular flexibility index (Phi) is 267. The molecule has 0 unspecified atom stereocenters. The molecule has 0 saturated heterocycles. The number of hydrogen-bond donors (Lipinski definition) is 6. The molecular formula is CH14N4O3. The molecule has 0 rings (SSSR count).